The van der Waals surface area contributed by atoms with Gasteiger partial charge in [0.1, 0.15) is 0 Å². The normalized spacial score (nSPS) is 17.9. The summed E-state index contributed by atoms with van der Waals surface area (Å²) < 4.78 is 2.61. The maximum Gasteiger partial charge on any atom is 0.330 e. The van der Waals surface area contributed by atoms with Crippen LogP contribution in [0.2, 0.25) is 0 Å². The van der Waals surface area contributed by atoms with E-state index in [2.05, 4.69) is 17.1 Å². The Bertz CT molecular complexity index is 584. The minimum Gasteiger partial charge on any atom is -0.309 e. The van der Waals surface area contributed by atoms with Crippen LogP contribution < -0.4 is 16.6 Å². The fourth-order valence-electron chi connectivity index (χ4n) is 2.88. The summed E-state index contributed by atoms with van der Waals surface area (Å²) in [5.41, 5.74) is 0.131. The van der Waals surface area contributed by atoms with Crippen LogP contribution in [0.3, 0.4) is 0 Å². The van der Waals surface area contributed by atoms with Gasteiger partial charge in [0.2, 0.25) is 0 Å². The van der Waals surface area contributed by atoms with Gasteiger partial charge >= 0.3 is 5.69 Å². The highest BCUT2D eigenvalue weighted by Crippen LogP contribution is 2.08. The molecule has 6 nitrogen and oxygen atoms in total. The third-order valence-electron chi connectivity index (χ3n) is 4.14. The van der Waals surface area contributed by atoms with Crippen molar-refractivity contribution < 1.29 is 0 Å². The van der Waals surface area contributed by atoms with Gasteiger partial charge in [0.25, 0.3) is 5.56 Å². The first-order valence-corrected chi connectivity index (χ1v) is 7.70. The second kappa shape index (κ2) is 7.04. The third-order valence-corrected chi connectivity index (χ3v) is 4.14. The van der Waals surface area contributed by atoms with Crippen molar-refractivity contribution in [3.05, 3.63) is 32.6 Å². The average molecular weight is 294 g/mol. The highest BCUT2D eigenvalue weighted by molar-refractivity contribution is 5.05. The van der Waals surface area contributed by atoms with Crippen LogP contribution >= 0.6 is 0 Å². The van der Waals surface area contributed by atoms with E-state index >= 15 is 0 Å². The van der Waals surface area contributed by atoms with E-state index < -0.39 is 0 Å². The van der Waals surface area contributed by atoms with Crippen molar-refractivity contribution in [3.63, 3.8) is 0 Å². The van der Waals surface area contributed by atoms with Gasteiger partial charge in [0.15, 0.2) is 0 Å². The Labute approximate surface area is 125 Å². The minimum atomic E-state index is -0.287. The van der Waals surface area contributed by atoms with Crippen molar-refractivity contribution >= 4 is 0 Å². The summed E-state index contributed by atoms with van der Waals surface area (Å²) in [5, 5.41) is 3.39. The zero-order valence-electron chi connectivity index (χ0n) is 13.3. The molecule has 0 saturated carbocycles. The number of rotatable bonds is 5. The average Bonchev–Trinajstić information content (AvgIpc) is 2.48. The molecule has 118 valence electrons. The zero-order valence-corrected chi connectivity index (χ0v) is 13.3. The van der Waals surface area contributed by atoms with Crippen molar-refractivity contribution in [3.8, 4) is 0 Å². The Kier molecular flexibility index (Phi) is 5.36. The van der Waals surface area contributed by atoms with E-state index in [4.69, 9.17) is 0 Å². The number of nitrogens with one attached hydrogen (secondary N) is 1. The summed E-state index contributed by atoms with van der Waals surface area (Å²) in [6.07, 6.45) is 5.54. The van der Waals surface area contributed by atoms with E-state index in [0.29, 0.717) is 18.2 Å². The summed E-state index contributed by atoms with van der Waals surface area (Å²) in [5.74, 6) is 0. The van der Waals surface area contributed by atoms with Gasteiger partial charge in [-0.05, 0) is 32.9 Å². The van der Waals surface area contributed by atoms with Crippen molar-refractivity contribution in [2.45, 2.75) is 38.8 Å². The molecule has 0 aromatic carbocycles. The number of nitrogens with zero attached hydrogens (tertiary/aromatic N) is 3. The Morgan fingerprint density at radius 2 is 1.86 bits per heavy atom. The first-order chi connectivity index (χ1) is 9.99. The van der Waals surface area contributed by atoms with Gasteiger partial charge in [-0.3, -0.25) is 9.36 Å². The molecule has 21 heavy (non-hydrogen) atoms. The van der Waals surface area contributed by atoms with Crippen molar-refractivity contribution in [1.82, 2.24) is 19.4 Å². The zero-order chi connectivity index (χ0) is 15.4. The molecule has 0 aliphatic carbocycles. The molecule has 1 fully saturated rings. The van der Waals surface area contributed by atoms with E-state index in [1.165, 1.54) is 44.0 Å². The van der Waals surface area contributed by atoms with E-state index in [0.717, 1.165) is 11.1 Å². The summed E-state index contributed by atoms with van der Waals surface area (Å²) in [4.78, 5) is 26.2. The molecular formula is C15H26N4O2. The molecule has 1 aliphatic heterocycles. The molecule has 1 unspecified atom stereocenters. The van der Waals surface area contributed by atoms with Crippen molar-refractivity contribution in [2.24, 2.45) is 14.1 Å². The quantitative estimate of drug-likeness (QED) is 0.833. The lowest BCUT2D eigenvalue weighted by Crippen LogP contribution is -2.43. The number of likely N-dealkylation sites (tertiary alicyclic amines) is 1. The number of aryl methyl sites for hydroxylation is 1. The highest BCUT2D eigenvalue weighted by Gasteiger charge is 2.14. The minimum absolute atomic E-state index is 0.212. The molecule has 1 aromatic heterocycles. The summed E-state index contributed by atoms with van der Waals surface area (Å²) in [6.45, 7) is 5.99. The van der Waals surface area contributed by atoms with Gasteiger partial charge in [-0.25, -0.2) is 4.79 Å². The van der Waals surface area contributed by atoms with E-state index in [9.17, 15) is 9.59 Å². The molecule has 0 radical (unpaired) electrons. The van der Waals surface area contributed by atoms with E-state index in [1.54, 1.807) is 13.2 Å². The lowest BCUT2D eigenvalue weighted by molar-refractivity contribution is 0.208. The number of hydrogen-bond acceptors (Lipinski definition) is 4. The largest absolute Gasteiger partial charge is 0.330 e. The summed E-state index contributed by atoms with van der Waals surface area (Å²) in [6, 6.07) is 0.324. The molecule has 6 heteroatoms. The smallest absolute Gasteiger partial charge is 0.309 e. The molecule has 1 aliphatic rings. The Hall–Kier alpha value is -1.40. The van der Waals surface area contributed by atoms with Gasteiger partial charge in [-0.15, -0.1) is 0 Å². The second-order valence-electron chi connectivity index (χ2n) is 6.06. The standard InChI is InChI=1S/C15H26N4O2/c1-12(10-19-7-5-4-6-8-19)16-9-13-11-17(2)15(21)18(3)14(13)20/h11-12,16H,4-10H2,1-3H3. The lowest BCUT2D eigenvalue weighted by atomic mass is 10.1. The SMILES string of the molecule is CC(CN1CCCCC1)NCc1cn(C)c(=O)n(C)c1=O. The molecular weight excluding hydrogens is 268 g/mol. The van der Waals surface area contributed by atoms with Crippen LogP contribution in [0, 0.1) is 0 Å². The molecule has 2 rings (SSSR count). The Balaban J connectivity index is 1.93. The van der Waals surface area contributed by atoms with Crippen LogP contribution in [0.25, 0.3) is 0 Å². The number of piperidine rings is 1. The molecule has 1 aromatic rings. The summed E-state index contributed by atoms with van der Waals surface area (Å²) >= 11 is 0. The predicted molar refractivity (Wildman–Crippen MR) is 83.5 cm³/mol. The number of aromatic nitrogens is 2. The highest BCUT2D eigenvalue weighted by atomic mass is 16.2. The molecule has 1 saturated heterocycles. The fourth-order valence-corrected chi connectivity index (χ4v) is 2.88. The van der Waals surface area contributed by atoms with Crippen LogP contribution in [0.4, 0.5) is 0 Å². The van der Waals surface area contributed by atoms with Gasteiger partial charge < -0.3 is 14.8 Å². The van der Waals surface area contributed by atoms with Crippen LogP contribution in [0.5, 0.6) is 0 Å². The molecule has 0 spiro atoms. The first-order valence-electron chi connectivity index (χ1n) is 7.70. The third kappa shape index (κ3) is 4.04. The predicted octanol–water partition coefficient (Wildman–Crippen LogP) is 0.0480. The summed E-state index contributed by atoms with van der Waals surface area (Å²) in [7, 11) is 3.19. The van der Waals surface area contributed by atoms with Crippen LogP contribution in [0.1, 0.15) is 31.7 Å². The fraction of sp³-hybridized carbons (Fsp3) is 0.733. The van der Waals surface area contributed by atoms with Gasteiger partial charge in [-0.2, -0.15) is 0 Å². The second-order valence-corrected chi connectivity index (χ2v) is 6.06. The van der Waals surface area contributed by atoms with Crippen molar-refractivity contribution in [2.75, 3.05) is 19.6 Å². The molecule has 1 atom stereocenters. The lowest BCUT2D eigenvalue weighted by Gasteiger charge is -2.29. The molecule has 2 heterocycles. The molecule has 0 bridgehead atoms. The van der Waals surface area contributed by atoms with E-state index in [1.807, 2.05) is 0 Å². The monoisotopic (exact) mass is 294 g/mol. The molecule has 1 N–H and O–H groups in total. The number of hydrogen-bond donors (Lipinski definition) is 1. The topological polar surface area (TPSA) is 59.3 Å². The van der Waals surface area contributed by atoms with Crippen LogP contribution in [-0.2, 0) is 20.6 Å². The van der Waals surface area contributed by atoms with Crippen molar-refractivity contribution in [1.29, 1.82) is 0 Å². The first kappa shape index (κ1) is 16.0. The molecule has 0 amide bonds. The maximum atomic E-state index is 12.0. The Morgan fingerprint density at radius 3 is 2.52 bits per heavy atom. The van der Waals surface area contributed by atoms with Gasteiger partial charge in [0.05, 0.1) is 0 Å². The Morgan fingerprint density at radius 1 is 1.19 bits per heavy atom. The van der Waals surface area contributed by atoms with Gasteiger partial charge in [-0.1, -0.05) is 6.42 Å². The van der Waals surface area contributed by atoms with Gasteiger partial charge in [0, 0.05) is 45.0 Å². The van der Waals surface area contributed by atoms with Crippen LogP contribution in [-0.4, -0.2) is 39.7 Å². The maximum absolute atomic E-state index is 12.0. The van der Waals surface area contributed by atoms with E-state index in [-0.39, 0.29) is 11.2 Å². The van der Waals surface area contributed by atoms with Crippen LogP contribution in [0.15, 0.2) is 15.8 Å².